The smallest absolute Gasteiger partial charge is 0.230 e. The third-order valence-corrected chi connectivity index (χ3v) is 9.25. The Bertz CT molecular complexity index is 1410. The molecule has 10 heteroatoms. The molecule has 3 aliphatic rings. The van der Waals surface area contributed by atoms with Gasteiger partial charge in [0.1, 0.15) is 5.52 Å². The van der Waals surface area contributed by atoms with E-state index >= 15 is 4.39 Å². The number of imide groups is 1. The summed E-state index contributed by atoms with van der Waals surface area (Å²) >= 11 is 7.85. The third-order valence-electron chi connectivity index (χ3n) is 7.86. The van der Waals surface area contributed by atoms with Crippen LogP contribution in [0.25, 0.3) is 21.3 Å². The zero-order chi connectivity index (χ0) is 25.9. The van der Waals surface area contributed by atoms with Crippen molar-refractivity contribution in [1.82, 2.24) is 15.2 Å². The van der Waals surface area contributed by atoms with E-state index < -0.39 is 5.82 Å². The first-order valence-electron chi connectivity index (χ1n) is 12.6. The van der Waals surface area contributed by atoms with Gasteiger partial charge in [0, 0.05) is 65.5 Å². The van der Waals surface area contributed by atoms with Gasteiger partial charge in [-0.1, -0.05) is 11.6 Å². The fourth-order valence-electron chi connectivity index (χ4n) is 5.94. The van der Waals surface area contributed by atoms with Crippen LogP contribution in [0.3, 0.4) is 0 Å². The van der Waals surface area contributed by atoms with E-state index in [-0.39, 0.29) is 54.9 Å². The van der Waals surface area contributed by atoms with Crippen LogP contribution in [0.5, 0.6) is 0 Å². The highest BCUT2D eigenvalue weighted by Crippen LogP contribution is 2.46. The molecule has 37 heavy (non-hydrogen) atoms. The van der Waals surface area contributed by atoms with E-state index in [0.717, 1.165) is 59.6 Å². The normalized spacial score (nSPS) is 23.9. The Kier molecular flexibility index (Phi) is 6.22. The summed E-state index contributed by atoms with van der Waals surface area (Å²) in [5.74, 6) is -1.02. The molecule has 2 amide bonds. The fourth-order valence-corrected chi connectivity index (χ4v) is 7.34. The number of anilines is 1. The standard InChI is InChI=1S/C27H28ClFN4O3S/c1-27(14-34)11-17(12-31-27)32-8-2-3-15-9-16(28)10-19(25(15)32)18-6-7-30-24-23(29)20(37-26(18)24)13-33-21(35)4-5-22(33)36/h6-7,9-10,17,31,34H,2-5,8,11-14H2,1H3/t17-,27+/m0/s1. The van der Waals surface area contributed by atoms with Crippen LogP contribution in [-0.4, -0.2) is 58.1 Å². The Morgan fingerprint density at radius 3 is 2.76 bits per heavy atom. The molecule has 194 valence electrons. The molecule has 1 aromatic carbocycles. The number of nitrogens with zero attached hydrogens (tertiary/aromatic N) is 3. The monoisotopic (exact) mass is 542 g/mol. The van der Waals surface area contributed by atoms with Crippen LogP contribution in [0.2, 0.25) is 5.02 Å². The zero-order valence-electron chi connectivity index (χ0n) is 20.5. The van der Waals surface area contributed by atoms with E-state index in [1.807, 2.05) is 25.1 Å². The average Bonchev–Trinajstić information content (AvgIpc) is 3.54. The van der Waals surface area contributed by atoms with E-state index in [9.17, 15) is 14.7 Å². The van der Waals surface area contributed by atoms with Gasteiger partial charge in [-0.25, -0.2) is 4.39 Å². The first kappa shape index (κ1) is 24.7. The second kappa shape index (κ2) is 9.31. The predicted molar refractivity (Wildman–Crippen MR) is 142 cm³/mol. The summed E-state index contributed by atoms with van der Waals surface area (Å²) in [6.45, 7) is 3.69. The molecule has 2 N–H and O–H groups in total. The van der Waals surface area contributed by atoms with Gasteiger partial charge in [-0.05, 0) is 49.9 Å². The van der Waals surface area contributed by atoms with Gasteiger partial charge in [0.15, 0.2) is 5.82 Å². The molecule has 0 aliphatic carbocycles. The molecule has 6 rings (SSSR count). The molecule has 0 radical (unpaired) electrons. The molecule has 3 aliphatic heterocycles. The molecule has 0 unspecified atom stereocenters. The van der Waals surface area contributed by atoms with Gasteiger partial charge in [-0.2, -0.15) is 0 Å². The summed E-state index contributed by atoms with van der Waals surface area (Å²) in [7, 11) is 0. The van der Waals surface area contributed by atoms with Gasteiger partial charge in [0.25, 0.3) is 0 Å². The number of hydrogen-bond donors (Lipinski definition) is 2. The number of nitrogens with one attached hydrogen (secondary N) is 1. The molecular weight excluding hydrogens is 515 g/mol. The van der Waals surface area contributed by atoms with Crippen LogP contribution in [0.1, 0.15) is 43.0 Å². The number of likely N-dealkylation sites (tertiary alicyclic amines) is 1. The number of carbonyl (C=O) groups excluding carboxylic acids is 2. The molecular formula is C27H28ClFN4O3S. The van der Waals surface area contributed by atoms with Gasteiger partial charge < -0.3 is 15.3 Å². The predicted octanol–water partition coefficient (Wildman–Crippen LogP) is 4.27. The van der Waals surface area contributed by atoms with E-state index in [4.69, 9.17) is 11.6 Å². The SMILES string of the molecule is C[C@]1(CO)C[C@H](N2CCCc3cc(Cl)cc(-c4ccnc5c(F)c(CN6C(=O)CCC6=O)sc45)c32)CN1. The van der Waals surface area contributed by atoms with E-state index in [1.165, 1.54) is 11.3 Å². The lowest BCUT2D eigenvalue weighted by Gasteiger charge is -2.38. The lowest BCUT2D eigenvalue weighted by Crippen LogP contribution is -2.41. The fraction of sp³-hybridized carbons (Fsp3) is 0.444. The molecule has 2 saturated heterocycles. The number of aliphatic hydroxyl groups is 1. The minimum Gasteiger partial charge on any atom is -0.394 e. The largest absolute Gasteiger partial charge is 0.394 e. The number of benzene rings is 1. The highest BCUT2D eigenvalue weighted by Gasteiger charge is 2.39. The Morgan fingerprint density at radius 1 is 1.24 bits per heavy atom. The molecule has 2 aromatic heterocycles. The van der Waals surface area contributed by atoms with Gasteiger partial charge >= 0.3 is 0 Å². The Labute approximate surface area is 223 Å². The quantitative estimate of drug-likeness (QED) is 0.468. The van der Waals surface area contributed by atoms with Crippen LogP contribution < -0.4 is 10.2 Å². The Balaban J connectivity index is 1.46. The number of fused-ring (bicyclic) bond motifs is 2. The Hall–Kier alpha value is -2.59. The van der Waals surface area contributed by atoms with Crippen molar-refractivity contribution in [2.45, 2.75) is 57.2 Å². The van der Waals surface area contributed by atoms with E-state index in [0.29, 0.717) is 14.6 Å². The molecule has 0 saturated carbocycles. The second-order valence-electron chi connectivity index (χ2n) is 10.5. The zero-order valence-corrected chi connectivity index (χ0v) is 22.1. The van der Waals surface area contributed by atoms with E-state index in [2.05, 4.69) is 15.2 Å². The van der Waals surface area contributed by atoms with Crippen LogP contribution in [0, 0.1) is 5.82 Å². The summed E-state index contributed by atoms with van der Waals surface area (Å²) in [6.07, 6.45) is 4.65. The number of carbonyl (C=O) groups is 2. The number of aliphatic hydroxyl groups excluding tert-OH is 1. The van der Waals surface area contributed by atoms with Crippen molar-refractivity contribution in [3.05, 3.63) is 45.7 Å². The number of halogens is 2. The summed E-state index contributed by atoms with van der Waals surface area (Å²) < 4.78 is 16.2. The Morgan fingerprint density at radius 2 is 2.03 bits per heavy atom. The molecule has 2 atom stereocenters. The molecule has 3 aromatic rings. The van der Waals surface area contributed by atoms with Crippen molar-refractivity contribution in [1.29, 1.82) is 0 Å². The number of hydrogen-bond acceptors (Lipinski definition) is 7. The van der Waals surface area contributed by atoms with Gasteiger partial charge in [-0.3, -0.25) is 19.5 Å². The van der Waals surface area contributed by atoms with Crippen molar-refractivity contribution >= 4 is 50.7 Å². The second-order valence-corrected chi connectivity index (χ2v) is 12.0. The minimum absolute atomic E-state index is 0.0714. The molecule has 7 nitrogen and oxygen atoms in total. The number of thiophene rings is 1. The first-order valence-corrected chi connectivity index (χ1v) is 13.8. The lowest BCUT2D eigenvalue weighted by atomic mass is 9.91. The summed E-state index contributed by atoms with van der Waals surface area (Å²) in [5.41, 5.74) is 3.92. The van der Waals surface area contributed by atoms with Crippen LogP contribution in [0.4, 0.5) is 10.1 Å². The number of aromatic nitrogens is 1. The summed E-state index contributed by atoms with van der Waals surface area (Å²) in [5, 5.41) is 14.0. The first-order chi connectivity index (χ1) is 17.8. The van der Waals surface area contributed by atoms with Crippen molar-refractivity contribution < 1.29 is 19.1 Å². The molecule has 0 spiro atoms. The van der Waals surface area contributed by atoms with Gasteiger partial charge in [0.05, 0.1) is 22.7 Å². The van der Waals surface area contributed by atoms with Crippen LogP contribution in [0.15, 0.2) is 24.4 Å². The maximum Gasteiger partial charge on any atom is 0.230 e. The maximum atomic E-state index is 15.5. The van der Waals surface area contributed by atoms with Gasteiger partial charge in [0.2, 0.25) is 11.8 Å². The van der Waals surface area contributed by atoms with Crippen LogP contribution >= 0.6 is 22.9 Å². The summed E-state index contributed by atoms with van der Waals surface area (Å²) in [6, 6.07) is 6.05. The van der Waals surface area contributed by atoms with Crippen LogP contribution in [-0.2, 0) is 22.6 Å². The van der Waals surface area contributed by atoms with Crippen molar-refractivity contribution in [3.63, 3.8) is 0 Å². The highest BCUT2D eigenvalue weighted by molar-refractivity contribution is 7.19. The number of amides is 2. The molecule has 2 fully saturated rings. The topological polar surface area (TPSA) is 85.8 Å². The van der Waals surface area contributed by atoms with Crippen molar-refractivity contribution in [2.24, 2.45) is 0 Å². The third kappa shape index (κ3) is 4.22. The van der Waals surface area contributed by atoms with Crippen molar-refractivity contribution in [2.75, 3.05) is 24.6 Å². The number of aryl methyl sites for hydroxylation is 1. The number of rotatable bonds is 5. The lowest BCUT2D eigenvalue weighted by molar-refractivity contribution is -0.139. The molecule has 0 bridgehead atoms. The maximum absolute atomic E-state index is 15.5. The van der Waals surface area contributed by atoms with Gasteiger partial charge in [-0.15, -0.1) is 11.3 Å². The summed E-state index contributed by atoms with van der Waals surface area (Å²) in [4.78, 5) is 32.5. The average molecular weight is 543 g/mol. The number of pyridine rings is 1. The molecule has 5 heterocycles. The van der Waals surface area contributed by atoms with Crippen molar-refractivity contribution in [3.8, 4) is 11.1 Å². The highest BCUT2D eigenvalue weighted by atomic mass is 35.5. The minimum atomic E-state index is -0.485. The van der Waals surface area contributed by atoms with E-state index in [1.54, 1.807) is 6.20 Å².